The van der Waals surface area contributed by atoms with Crippen molar-refractivity contribution in [2.45, 2.75) is 200 Å². The third kappa shape index (κ3) is 43.5. The maximum Gasteiger partial charge on any atom is 0.306 e. The van der Waals surface area contributed by atoms with Crippen LogP contribution >= 0.6 is 0 Å². The summed E-state index contributed by atoms with van der Waals surface area (Å²) >= 11 is 0. The van der Waals surface area contributed by atoms with E-state index in [0.29, 0.717) is 12.8 Å². The quantitative estimate of drug-likeness (QED) is 0.0381. The minimum atomic E-state index is -0.819. The summed E-state index contributed by atoms with van der Waals surface area (Å²) in [6.07, 6.45) is 64.9. The molecule has 5 nitrogen and oxygen atoms in total. The Hall–Kier alpha value is -3.18. The first-order valence-corrected chi connectivity index (χ1v) is 22.8. The lowest BCUT2D eigenvalue weighted by molar-refractivity contribution is -0.161. The lowest BCUT2D eigenvalue weighted by Crippen LogP contribution is -2.28. The zero-order valence-electron chi connectivity index (χ0n) is 36.1. The third-order valence-corrected chi connectivity index (χ3v) is 9.38. The highest BCUT2D eigenvalue weighted by molar-refractivity contribution is 5.70. The van der Waals surface area contributed by atoms with E-state index < -0.39 is 12.1 Å². The van der Waals surface area contributed by atoms with Gasteiger partial charge in [-0.05, 0) is 83.5 Å². The van der Waals surface area contributed by atoms with E-state index in [9.17, 15) is 14.7 Å². The van der Waals surface area contributed by atoms with Gasteiger partial charge in [-0.2, -0.15) is 0 Å². The standard InChI is InChI=1S/C51H84O5/c1-3-5-7-9-11-13-15-17-19-21-23-24-25-26-28-29-31-33-35-37-39-41-43-45-50(53)55-48-49(47-52)56-51(54)46-44-42-40-38-36-34-32-30-27-22-20-18-16-14-12-10-8-6-4-2/h6,8,12,14-15,17-18,20-21,23,27,30,34,36,40,42,49,52H,3-5,7,9-11,13,16,19,22,24-26,28-29,31-33,35,37-39,41,43-48H2,1-2H3/b8-6-,14-12-,17-15-,20-18-,23-21-,30-27-,36-34-,42-40-. The molecule has 0 heterocycles. The minimum Gasteiger partial charge on any atom is -0.462 e. The van der Waals surface area contributed by atoms with Gasteiger partial charge in [-0.3, -0.25) is 9.59 Å². The van der Waals surface area contributed by atoms with Crippen LogP contribution in [0.5, 0.6) is 0 Å². The first-order valence-electron chi connectivity index (χ1n) is 22.8. The highest BCUT2D eigenvalue weighted by Crippen LogP contribution is 2.13. The van der Waals surface area contributed by atoms with Crippen LogP contribution in [0.4, 0.5) is 0 Å². The second-order valence-corrected chi connectivity index (χ2v) is 14.7. The monoisotopic (exact) mass is 777 g/mol. The number of aliphatic hydroxyl groups is 1. The number of allylic oxidation sites excluding steroid dienone is 16. The number of carbonyl (C=O) groups is 2. The number of hydrogen-bond acceptors (Lipinski definition) is 5. The fourth-order valence-corrected chi connectivity index (χ4v) is 5.96. The van der Waals surface area contributed by atoms with Crippen molar-refractivity contribution in [3.8, 4) is 0 Å². The summed E-state index contributed by atoms with van der Waals surface area (Å²) in [7, 11) is 0. The lowest BCUT2D eigenvalue weighted by atomic mass is 10.0. The molecule has 0 aliphatic carbocycles. The van der Waals surface area contributed by atoms with Crippen LogP contribution in [0.2, 0.25) is 0 Å². The number of rotatable bonds is 40. The number of aliphatic hydroxyl groups excluding tert-OH is 1. The van der Waals surface area contributed by atoms with E-state index in [4.69, 9.17) is 9.47 Å². The van der Waals surface area contributed by atoms with Gasteiger partial charge in [0.1, 0.15) is 6.61 Å². The maximum absolute atomic E-state index is 12.2. The molecule has 56 heavy (non-hydrogen) atoms. The highest BCUT2D eigenvalue weighted by Gasteiger charge is 2.15. The van der Waals surface area contributed by atoms with Crippen molar-refractivity contribution >= 4 is 11.9 Å². The van der Waals surface area contributed by atoms with Gasteiger partial charge in [-0.1, -0.05) is 195 Å². The molecule has 0 aromatic heterocycles. The second kappa shape index (κ2) is 46.2. The summed E-state index contributed by atoms with van der Waals surface area (Å²) in [5.74, 6) is -0.696. The van der Waals surface area contributed by atoms with Crippen molar-refractivity contribution in [3.05, 3.63) is 97.2 Å². The van der Waals surface area contributed by atoms with Gasteiger partial charge in [0.15, 0.2) is 6.10 Å². The smallest absolute Gasteiger partial charge is 0.306 e. The van der Waals surface area contributed by atoms with Crippen LogP contribution in [0, 0.1) is 0 Å². The summed E-state index contributed by atoms with van der Waals surface area (Å²) < 4.78 is 10.6. The Bertz CT molecular complexity index is 1110. The molecule has 0 saturated carbocycles. The van der Waals surface area contributed by atoms with E-state index in [1.54, 1.807) is 0 Å². The molecule has 1 unspecified atom stereocenters. The number of carbonyl (C=O) groups excluding carboxylic acids is 2. The zero-order chi connectivity index (χ0) is 40.7. The van der Waals surface area contributed by atoms with Gasteiger partial charge in [0.25, 0.3) is 0 Å². The topological polar surface area (TPSA) is 72.8 Å². The fraction of sp³-hybridized carbons (Fsp3) is 0.647. The van der Waals surface area contributed by atoms with Crippen molar-refractivity contribution in [3.63, 3.8) is 0 Å². The van der Waals surface area contributed by atoms with Gasteiger partial charge in [-0.15, -0.1) is 0 Å². The van der Waals surface area contributed by atoms with E-state index in [-0.39, 0.29) is 25.6 Å². The van der Waals surface area contributed by atoms with Gasteiger partial charge in [0.05, 0.1) is 6.61 Å². The molecule has 0 bridgehead atoms. The molecule has 0 aromatic carbocycles. The first kappa shape index (κ1) is 52.8. The van der Waals surface area contributed by atoms with Gasteiger partial charge < -0.3 is 14.6 Å². The van der Waals surface area contributed by atoms with E-state index in [1.807, 2.05) is 12.2 Å². The average Bonchev–Trinajstić information content (AvgIpc) is 3.20. The fourth-order valence-electron chi connectivity index (χ4n) is 5.96. The van der Waals surface area contributed by atoms with Crippen LogP contribution in [-0.2, 0) is 19.1 Å². The Morgan fingerprint density at radius 2 is 0.804 bits per heavy atom. The van der Waals surface area contributed by atoms with E-state index >= 15 is 0 Å². The largest absolute Gasteiger partial charge is 0.462 e. The molecular formula is C51H84O5. The number of hydrogen-bond donors (Lipinski definition) is 1. The molecule has 0 aromatic rings. The Labute approximate surface area is 345 Å². The van der Waals surface area contributed by atoms with Crippen molar-refractivity contribution in [1.82, 2.24) is 0 Å². The Morgan fingerprint density at radius 1 is 0.429 bits per heavy atom. The number of ether oxygens (including phenoxy) is 2. The van der Waals surface area contributed by atoms with Crippen LogP contribution in [0.15, 0.2) is 97.2 Å². The van der Waals surface area contributed by atoms with Crippen LogP contribution in [0.25, 0.3) is 0 Å². The molecule has 0 fully saturated rings. The number of unbranched alkanes of at least 4 members (excludes halogenated alkanes) is 16. The minimum absolute atomic E-state index is 0.103. The normalized spacial score (nSPS) is 13.1. The van der Waals surface area contributed by atoms with Crippen molar-refractivity contribution in [2.75, 3.05) is 13.2 Å². The molecule has 1 atom stereocenters. The van der Waals surface area contributed by atoms with Crippen molar-refractivity contribution in [1.29, 1.82) is 0 Å². The van der Waals surface area contributed by atoms with Crippen LogP contribution in [0.3, 0.4) is 0 Å². The summed E-state index contributed by atoms with van der Waals surface area (Å²) in [6, 6.07) is 0. The molecule has 0 aliphatic rings. The Balaban J connectivity index is 3.65. The molecular weight excluding hydrogens is 693 g/mol. The molecule has 318 valence electrons. The first-order chi connectivity index (χ1) is 27.6. The van der Waals surface area contributed by atoms with E-state index in [2.05, 4.69) is 98.9 Å². The molecule has 1 N–H and O–H groups in total. The van der Waals surface area contributed by atoms with E-state index in [0.717, 1.165) is 64.2 Å². The highest BCUT2D eigenvalue weighted by atomic mass is 16.6. The number of esters is 2. The summed E-state index contributed by atoms with van der Waals surface area (Å²) in [5, 5.41) is 9.58. The third-order valence-electron chi connectivity index (χ3n) is 9.38. The van der Waals surface area contributed by atoms with Crippen molar-refractivity contribution in [2.24, 2.45) is 0 Å². The lowest BCUT2D eigenvalue weighted by Gasteiger charge is -2.15. The van der Waals surface area contributed by atoms with Gasteiger partial charge in [0, 0.05) is 12.8 Å². The molecule has 0 rings (SSSR count). The predicted octanol–water partition coefficient (Wildman–Crippen LogP) is 14.8. The predicted molar refractivity (Wildman–Crippen MR) is 242 cm³/mol. The molecule has 0 aliphatic heterocycles. The molecule has 0 spiro atoms. The zero-order valence-corrected chi connectivity index (χ0v) is 36.1. The molecule has 0 radical (unpaired) electrons. The van der Waals surface area contributed by atoms with Gasteiger partial charge in [0.2, 0.25) is 0 Å². The van der Waals surface area contributed by atoms with Gasteiger partial charge >= 0.3 is 11.9 Å². The molecule has 0 amide bonds. The Morgan fingerprint density at radius 3 is 1.23 bits per heavy atom. The van der Waals surface area contributed by atoms with Crippen molar-refractivity contribution < 1.29 is 24.2 Å². The summed E-state index contributed by atoms with van der Waals surface area (Å²) in [4.78, 5) is 24.3. The van der Waals surface area contributed by atoms with E-state index in [1.165, 1.54) is 96.3 Å². The van der Waals surface area contributed by atoms with Gasteiger partial charge in [-0.25, -0.2) is 0 Å². The second-order valence-electron chi connectivity index (χ2n) is 14.7. The van der Waals surface area contributed by atoms with Crippen LogP contribution in [0.1, 0.15) is 194 Å². The molecule has 0 saturated heterocycles. The summed E-state index contributed by atoms with van der Waals surface area (Å²) in [5.41, 5.74) is 0. The maximum atomic E-state index is 12.2. The summed E-state index contributed by atoms with van der Waals surface area (Å²) in [6.45, 7) is 3.95. The van der Waals surface area contributed by atoms with Crippen LogP contribution in [-0.4, -0.2) is 36.4 Å². The molecule has 5 heteroatoms. The Kier molecular flexibility index (Phi) is 43.6. The van der Waals surface area contributed by atoms with Crippen LogP contribution < -0.4 is 0 Å². The SMILES string of the molecule is CC/C=C\C/C=C\C/C=C\C/C=C\C/C=C\C/C=C\CCC(=O)OC(CO)COC(=O)CCCCCCCCCCCCC/C=C\C/C=C\CCCCCCC. The average molecular weight is 777 g/mol.